The number of aromatic nitrogens is 3. The Morgan fingerprint density at radius 1 is 1.19 bits per heavy atom. The highest BCUT2D eigenvalue weighted by molar-refractivity contribution is 5.48. The van der Waals surface area contributed by atoms with Gasteiger partial charge in [-0.15, -0.1) is 0 Å². The maximum Gasteiger partial charge on any atom is 0.280 e. The summed E-state index contributed by atoms with van der Waals surface area (Å²) in [5, 5.41) is 3.94. The van der Waals surface area contributed by atoms with Gasteiger partial charge in [-0.25, -0.2) is 4.98 Å². The highest BCUT2D eigenvalue weighted by atomic mass is 16.6. The fourth-order valence-corrected chi connectivity index (χ4v) is 2.12. The van der Waals surface area contributed by atoms with E-state index in [2.05, 4.69) is 15.1 Å². The number of nitrogens with zero attached hydrogens (tertiary/aromatic N) is 3. The van der Waals surface area contributed by atoms with Crippen LogP contribution in [0, 0.1) is 6.92 Å². The summed E-state index contributed by atoms with van der Waals surface area (Å²) >= 11 is 0. The van der Waals surface area contributed by atoms with E-state index in [9.17, 15) is 0 Å². The average molecular weight is 285 g/mol. The number of ether oxygens (including phenoxy) is 2. The van der Waals surface area contributed by atoms with Crippen LogP contribution >= 0.6 is 0 Å². The Kier molecular flexibility index (Phi) is 2.63. The van der Waals surface area contributed by atoms with Crippen molar-refractivity contribution in [1.82, 2.24) is 15.1 Å². The maximum absolute atomic E-state index is 5.83. The van der Waals surface area contributed by atoms with E-state index in [4.69, 9.17) is 18.4 Å². The molecule has 106 valence electrons. The zero-order chi connectivity index (χ0) is 14.2. The molecule has 2 aromatic heterocycles. The monoisotopic (exact) mass is 285 g/mol. The summed E-state index contributed by atoms with van der Waals surface area (Å²) in [5.41, 5.74) is 0.533. The minimum Gasteiger partial charge on any atom is -0.485 e. The molecule has 0 radical (unpaired) electrons. The average Bonchev–Trinajstić information content (AvgIpc) is 3.15. The minimum atomic E-state index is -0.412. The molecule has 0 fully saturated rings. The molecule has 0 aliphatic carbocycles. The predicted molar refractivity (Wildman–Crippen MR) is 69.8 cm³/mol. The zero-order valence-electron chi connectivity index (χ0n) is 11.1. The van der Waals surface area contributed by atoms with E-state index in [0.29, 0.717) is 41.3 Å². The summed E-state index contributed by atoms with van der Waals surface area (Å²) in [4.78, 5) is 8.35. The number of benzene rings is 1. The van der Waals surface area contributed by atoms with Gasteiger partial charge in [0.15, 0.2) is 29.7 Å². The Bertz CT molecular complexity index is 780. The second kappa shape index (κ2) is 4.62. The molecule has 7 heteroatoms. The van der Waals surface area contributed by atoms with E-state index in [0.717, 1.165) is 0 Å². The van der Waals surface area contributed by atoms with Crippen LogP contribution in [0.4, 0.5) is 0 Å². The second-order valence-electron chi connectivity index (χ2n) is 4.58. The fourth-order valence-electron chi connectivity index (χ4n) is 2.12. The van der Waals surface area contributed by atoms with Crippen LogP contribution in [-0.2, 0) is 0 Å². The Morgan fingerprint density at radius 2 is 2.05 bits per heavy atom. The molecule has 3 heterocycles. The maximum atomic E-state index is 5.83. The lowest BCUT2D eigenvalue weighted by molar-refractivity contribution is 0.0832. The molecule has 0 N–H and O–H groups in total. The third-order valence-electron chi connectivity index (χ3n) is 3.19. The molecule has 1 aliphatic rings. The van der Waals surface area contributed by atoms with Crippen LogP contribution in [-0.4, -0.2) is 21.7 Å². The van der Waals surface area contributed by atoms with Gasteiger partial charge in [0.1, 0.15) is 12.4 Å². The normalized spacial score (nSPS) is 16.9. The third kappa shape index (κ3) is 2.03. The summed E-state index contributed by atoms with van der Waals surface area (Å²) in [7, 11) is 0. The van der Waals surface area contributed by atoms with E-state index in [1.54, 1.807) is 6.92 Å². The van der Waals surface area contributed by atoms with E-state index in [1.807, 2.05) is 24.3 Å². The lowest BCUT2D eigenvalue weighted by Gasteiger charge is -2.24. The first kappa shape index (κ1) is 12.0. The summed E-state index contributed by atoms with van der Waals surface area (Å²) < 4.78 is 21.8. The Hall–Kier alpha value is -2.83. The molecule has 0 spiro atoms. The number of rotatable bonds is 2. The first-order chi connectivity index (χ1) is 10.3. The van der Waals surface area contributed by atoms with Crippen molar-refractivity contribution in [3.63, 3.8) is 0 Å². The van der Waals surface area contributed by atoms with Gasteiger partial charge in [-0.2, -0.15) is 4.98 Å². The predicted octanol–water partition coefficient (Wildman–Crippen LogP) is 2.55. The van der Waals surface area contributed by atoms with Gasteiger partial charge < -0.3 is 18.4 Å². The van der Waals surface area contributed by atoms with Gasteiger partial charge in [0, 0.05) is 0 Å². The summed E-state index contributed by atoms with van der Waals surface area (Å²) in [6.45, 7) is 2.11. The van der Waals surface area contributed by atoms with E-state index in [1.165, 1.54) is 6.39 Å². The van der Waals surface area contributed by atoms with E-state index >= 15 is 0 Å². The smallest absolute Gasteiger partial charge is 0.280 e. The van der Waals surface area contributed by atoms with Crippen LogP contribution in [0.15, 0.2) is 39.6 Å². The van der Waals surface area contributed by atoms with Crippen LogP contribution < -0.4 is 9.47 Å². The van der Waals surface area contributed by atoms with Gasteiger partial charge in [0.25, 0.3) is 5.89 Å². The number of fused-ring (bicyclic) bond motifs is 1. The van der Waals surface area contributed by atoms with Crippen molar-refractivity contribution in [1.29, 1.82) is 0 Å². The van der Waals surface area contributed by atoms with Gasteiger partial charge in [-0.05, 0) is 19.1 Å². The molecule has 0 amide bonds. The number of hydrogen-bond donors (Lipinski definition) is 0. The molecule has 0 bridgehead atoms. The highest BCUT2D eigenvalue weighted by Crippen LogP contribution is 2.35. The molecular formula is C14H11N3O4. The van der Waals surface area contributed by atoms with Crippen molar-refractivity contribution in [3.8, 4) is 23.1 Å². The quantitative estimate of drug-likeness (QED) is 0.715. The van der Waals surface area contributed by atoms with Crippen LogP contribution in [0.1, 0.15) is 17.7 Å². The first-order valence-corrected chi connectivity index (χ1v) is 6.44. The molecule has 1 aliphatic heterocycles. The Labute approximate surface area is 119 Å². The number of para-hydroxylation sites is 2. The molecule has 21 heavy (non-hydrogen) atoms. The van der Waals surface area contributed by atoms with Crippen LogP contribution in [0.25, 0.3) is 11.6 Å². The van der Waals surface area contributed by atoms with Gasteiger partial charge >= 0.3 is 0 Å². The van der Waals surface area contributed by atoms with Crippen LogP contribution in [0.2, 0.25) is 0 Å². The molecule has 4 rings (SSSR count). The zero-order valence-corrected chi connectivity index (χ0v) is 11.1. The summed E-state index contributed by atoms with van der Waals surface area (Å²) in [5.74, 6) is 2.72. The van der Waals surface area contributed by atoms with Crippen molar-refractivity contribution in [2.45, 2.75) is 13.0 Å². The van der Waals surface area contributed by atoms with Gasteiger partial charge in [0.05, 0.1) is 0 Å². The van der Waals surface area contributed by atoms with Gasteiger partial charge in [-0.3, -0.25) is 0 Å². The topological polar surface area (TPSA) is 83.4 Å². The second-order valence-corrected chi connectivity index (χ2v) is 4.58. The highest BCUT2D eigenvalue weighted by Gasteiger charge is 2.27. The summed E-state index contributed by atoms with van der Waals surface area (Å²) in [6, 6.07) is 7.46. The van der Waals surface area contributed by atoms with Crippen molar-refractivity contribution in [2.24, 2.45) is 0 Å². The largest absolute Gasteiger partial charge is 0.485 e. The lowest BCUT2D eigenvalue weighted by Crippen LogP contribution is -2.22. The van der Waals surface area contributed by atoms with E-state index in [-0.39, 0.29) is 0 Å². The van der Waals surface area contributed by atoms with Crippen LogP contribution in [0.5, 0.6) is 11.5 Å². The number of hydrogen-bond acceptors (Lipinski definition) is 7. The Morgan fingerprint density at radius 3 is 2.86 bits per heavy atom. The van der Waals surface area contributed by atoms with Gasteiger partial charge in [0.2, 0.25) is 5.82 Å². The SMILES string of the molecule is Cc1ocnc1-c1nc(C2COc3ccccc3O2)no1. The fraction of sp³-hybridized carbons (Fsp3) is 0.214. The summed E-state index contributed by atoms with van der Waals surface area (Å²) in [6.07, 6.45) is 0.926. The molecule has 7 nitrogen and oxygen atoms in total. The molecule has 3 aromatic rings. The van der Waals surface area contributed by atoms with Crippen molar-refractivity contribution in [2.75, 3.05) is 6.61 Å². The van der Waals surface area contributed by atoms with Crippen molar-refractivity contribution in [3.05, 3.63) is 42.2 Å². The molecular weight excluding hydrogens is 274 g/mol. The van der Waals surface area contributed by atoms with Gasteiger partial charge in [-0.1, -0.05) is 17.3 Å². The molecule has 1 unspecified atom stereocenters. The molecule has 1 atom stereocenters. The first-order valence-electron chi connectivity index (χ1n) is 6.44. The molecule has 1 aromatic carbocycles. The van der Waals surface area contributed by atoms with E-state index < -0.39 is 6.10 Å². The van der Waals surface area contributed by atoms with Crippen LogP contribution in [0.3, 0.4) is 0 Å². The minimum absolute atomic E-state index is 0.304. The van der Waals surface area contributed by atoms with Crippen molar-refractivity contribution >= 4 is 0 Å². The molecule has 0 saturated carbocycles. The number of oxazole rings is 1. The third-order valence-corrected chi connectivity index (χ3v) is 3.19. The van der Waals surface area contributed by atoms with Crippen molar-refractivity contribution < 1.29 is 18.4 Å². The lowest BCUT2D eigenvalue weighted by atomic mass is 10.2. The number of aryl methyl sites for hydroxylation is 1. The standard InChI is InChI=1S/C14H11N3O4/c1-8-12(15-7-19-8)14-16-13(17-21-14)11-6-18-9-4-2-3-5-10(9)20-11/h2-5,7,11H,6H2,1H3. The Balaban J connectivity index is 1.61. The molecule has 0 saturated heterocycles.